The Bertz CT molecular complexity index is 466. The predicted molar refractivity (Wildman–Crippen MR) is 53.0 cm³/mol. The molecule has 3 aliphatic carbocycles. The second kappa shape index (κ2) is 2.86. The fourth-order valence-electron chi connectivity index (χ4n) is 4.62. The van der Waals surface area contributed by atoms with Crippen molar-refractivity contribution in [3.8, 4) is 0 Å². The van der Waals surface area contributed by atoms with Crippen molar-refractivity contribution in [3.05, 3.63) is 0 Å². The molecule has 0 radical (unpaired) electrons. The average molecular weight is 302 g/mol. The van der Waals surface area contributed by atoms with Crippen LogP contribution in [0, 0.1) is 11.8 Å². The Hall–Kier alpha value is -0.500. The molecule has 2 nitrogen and oxygen atoms in total. The van der Waals surface area contributed by atoms with Crippen LogP contribution in [0.2, 0.25) is 0 Å². The summed E-state index contributed by atoms with van der Waals surface area (Å²) in [7, 11) is 0. The Kier molecular flexibility index (Phi) is 1.89. The summed E-state index contributed by atoms with van der Waals surface area (Å²) >= 11 is 0. The van der Waals surface area contributed by atoms with Gasteiger partial charge in [0.15, 0.2) is 5.79 Å². The summed E-state index contributed by atoms with van der Waals surface area (Å²) in [5, 5.41) is 0. The first kappa shape index (κ1) is 13.2. The Balaban J connectivity index is 1.84. The monoisotopic (exact) mass is 302 g/mol. The highest BCUT2D eigenvalue weighted by Crippen LogP contribution is 2.81. The minimum atomic E-state index is -5.02. The molecule has 4 rings (SSSR count). The van der Waals surface area contributed by atoms with Crippen molar-refractivity contribution in [1.29, 1.82) is 0 Å². The number of fused-ring (bicyclic) bond motifs is 8. The van der Waals surface area contributed by atoms with Gasteiger partial charge in [-0.05, 0) is 20.3 Å². The van der Waals surface area contributed by atoms with E-state index in [0.717, 1.165) is 0 Å². The van der Waals surface area contributed by atoms with Crippen LogP contribution in [0.15, 0.2) is 0 Å². The van der Waals surface area contributed by atoms with Gasteiger partial charge in [0.25, 0.3) is 0 Å². The lowest BCUT2D eigenvalue weighted by atomic mass is 9.54. The van der Waals surface area contributed by atoms with Gasteiger partial charge in [-0.25, -0.2) is 8.78 Å². The second-order valence-electron chi connectivity index (χ2n) is 6.59. The van der Waals surface area contributed by atoms with Crippen LogP contribution < -0.4 is 0 Å². The molecular formula is C12H12F6O2. The molecule has 114 valence electrons. The summed E-state index contributed by atoms with van der Waals surface area (Å²) in [5.74, 6) is -14.5. The average Bonchev–Trinajstić information content (AvgIpc) is 2.85. The standard InChI is InChI=1S/C12H12F6O2/c1-8(2)19-6-4-3-5(7(6)20-8)10(14)9(4,13)11(15,16)12(10,17)18/h4-7H,3H2,1-2H3. The van der Waals surface area contributed by atoms with E-state index < -0.39 is 59.4 Å². The third-order valence-electron chi connectivity index (χ3n) is 5.32. The smallest absolute Gasteiger partial charge is 0.344 e. The number of halogens is 6. The van der Waals surface area contributed by atoms with Crippen LogP contribution in [0.4, 0.5) is 26.3 Å². The van der Waals surface area contributed by atoms with E-state index in [1.807, 2.05) is 0 Å². The maximum atomic E-state index is 14.6. The molecule has 3 saturated carbocycles. The van der Waals surface area contributed by atoms with Gasteiger partial charge in [0, 0.05) is 11.8 Å². The second-order valence-corrected chi connectivity index (χ2v) is 6.59. The van der Waals surface area contributed by atoms with Crippen LogP contribution in [0.5, 0.6) is 0 Å². The molecule has 6 atom stereocenters. The molecule has 8 heteroatoms. The van der Waals surface area contributed by atoms with E-state index in [1.165, 1.54) is 13.8 Å². The topological polar surface area (TPSA) is 18.5 Å². The number of rotatable bonds is 0. The molecule has 6 unspecified atom stereocenters. The molecule has 0 N–H and O–H groups in total. The summed E-state index contributed by atoms with van der Waals surface area (Å²) in [6.45, 7) is 2.91. The third-order valence-corrected chi connectivity index (χ3v) is 5.32. The van der Waals surface area contributed by atoms with Gasteiger partial charge in [0.1, 0.15) is 0 Å². The zero-order valence-corrected chi connectivity index (χ0v) is 10.6. The Morgan fingerprint density at radius 1 is 0.750 bits per heavy atom. The molecule has 0 amide bonds. The van der Waals surface area contributed by atoms with Gasteiger partial charge in [0.2, 0.25) is 11.3 Å². The maximum Gasteiger partial charge on any atom is 0.350 e. The molecule has 20 heavy (non-hydrogen) atoms. The van der Waals surface area contributed by atoms with E-state index in [2.05, 4.69) is 0 Å². The molecule has 0 aromatic rings. The highest BCUT2D eigenvalue weighted by molar-refractivity contribution is 5.43. The van der Waals surface area contributed by atoms with E-state index >= 15 is 0 Å². The van der Waals surface area contributed by atoms with Gasteiger partial charge in [-0.3, -0.25) is 0 Å². The van der Waals surface area contributed by atoms with E-state index in [9.17, 15) is 26.3 Å². The van der Waals surface area contributed by atoms with Crippen LogP contribution >= 0.6 is 0 Å². The van der Waals surface area contributed by atoms with Crippen LogP contribution in [-0.4, -0.2) is 41.2 Å². The van der Waals surface area contributed by atoms with Gasteiger partial charge in [-0.2, -0.15) is 17.6 Å². The fourth-order valence-corrected chi connectivity index (χ4v) is 4.62. The molecule has 2 bridgehead atoms. The van der Waals surface area contributed by atoms with Crippen molar-refractivity contribution < 1.29 is 35.8 Å². The number of alkyl halides is 6. The SMILES string of the molecule is CC1(C)OC2C(O1)C1CC2C2(F)C(F)(F)C(F)(F)C12F. The first-order valence-electron chi connectivity index (χ1n) is 6.41. The lowest BCUT2D eigenvalue weighted by Gasteiger charge is -2.61. The van der Waals surface area contributed by atoms with Crippen LogP contribution in [0.1, 0.15) is 20.3 Å². The zero-order valence-electron chi connectivity index (χ0n) is 10.6. The summed E-state index contributed by atoms with van der Waals surface area (Å²) < 4.78 is 94.0. The van der Waals surface area contributed by atoms with Crippen LogP contribution in [-0.2, 0) is 9.47 Å². The third kappa shape index (κ3) is 0.882. The largest absolute Gasteiger partial charge is 0.350 e. The van der Waals surface area contributed by atoms with Gasteiger partial charge >= 0.3 is 11.8 Å². The molecule has 0 aromatic carbocycles. The number of ether oxygens (including phenoxy) is 2. The molecule has 0 spiro atoms. The van der Waals surface area contributed by atoms with E-state index in [0.29, 0.717) is 0 Å². The lowest BCUT2D eigenvalue weighted by molar-refractivity contribution is -0.454. The van der Waals surface area contributed by atoms with Crippen LogP contribution in [0.3, 0.4) is 0 Å². The van der Waals surface area contributed by atoms with E-state index in [1.54, 1.807) is 0 Å². The van der Waals surface area contributed by atoms with Gasteiger partial charge in [-0.15, -0.1) is 0 Å². The maximum absolute atomic E-state index is 14.6. The van der Waals surface area contributed by atoms with Crippen molar-refractivity contribution in [2.24, 2.45) is 11.8 Å². The molecule has 1 saturated heterocycles. The summed E-state index contributed by atoms with van der Waals surface area (Å²) in [6.07, 6.45) is -2.62. The molecule has 4 aliphatic rings. The Morgan fingerprint density at radius 3 is 1.45 bits per heavy atom. The number of hydrogen-bond acceptors (Lipinski definition) is 2. The number of hydrogen-bond donors (Lipinski definition) is 0. The lowest BCUT2D eigenvalue weighted by Crippen LogP contribution is -2.89. The fraction of sp³-hybridized carbons (Fsp3) is 1.00. The first-order chi connectivity index (χ1) is 8.92. The van der Waals surface area contributed by atoms with E-state index in [-0.39, 0.29) is 0 Å². The highest BCUT2D eigenvalue weighted by Gasteiger charge is 3.05. The van der Waals surface area contributed by atoms with Crippen LogP contribution in [0.25, 0.3) is 0 Å². The molecule has 1 aliphatic heterocycles. The zero-order chi connectivity index (χ0) is 14.9. The van der Waals surface area contributed by atoms with Crippen molar-refractivity contribution >= 4 is 0 Å². The normalized spacial score (nSPS) is 60.0. The summed E-state index contributed by atoms with van der Waals surface area (Å²) in [6, 6.07) is 0. The van der Waals surface area contributed by atoms with E-state index in [4.69, 9.17) is 9.47 Å². The first-order valence-corrected chi connectivity index (χ1v) is 6.41. The summed E-state index contributed by atoms with van der Waals surface area (Å²) in [4.78, 5) is 0. The minimum Gasteiger partial charge on any atom is -0.344 e. The van der Waals surface area contributed by atoms with Crippen molar-refractivity contribution in [2.75, 3.05) is 0 Å². The van der Waals surface area contributed by atoms with Gasteiger partial charge in [0.05, 0.1) is 12.2 Å². The van der Waals surface area contributed by atoms with Gasteiger partial charge < -0.3 is 9.47 Å². The molecule has 0 aromatic heterocycles. The van der Waals surface area contributed by atoms with Crippen molar-refractivity contribution in [1.82, 2.24) is 0 Å². The predicted octanol–water partition coefficient (Wildman–Crippen LogP) is 2.86. The Labute approximate surface area is 110 Å². The molecule has 1 heterocycles. The quantitative estimate of drug-likeness (QED) is 0.641. The Morgan fingerprint density at radius 2 is 1.10 bits per heavy atom. The van der Waals surface area contributed by atoms with Crippen molar-refractivity contribution in [3.63, 3.8) is 0 Å². The minimum absolute atomic E-state index is 0.413. The molecule has 4 fully saturated rings. The van der Waals surface area contributed by atoms with Gasteiger partial charge in [-0.1, -0.05) is 0 Å². The summed E-state index contributed by atoms with van der Waals surface area (Å²) in [5.41, 5.74) is -7.75. The molecular weight excluding hydrogens is 290 g/mol. The highest BCUT2D eigenvalue weighted by atomic mass is 19.3. The van der Waals surface area contributed by atoms with Crippen molar-refractivity contribution in [2.45, 2.75) is 61.4 Å².